The number of amides is 1. The second-order valence-corrected chi connectivity index (χ2v) is 6.49. The molecule has 4 nitrogen and oxygen atoms in total. The smallest absolute Gasteiger partial charge is 0.225 e. The largest absolute Gasteiger partial charge is 0.326 e. The highest BCUT2D eigenvalue weighted by Crippen LogP contribution is 2.14. The maximum absolute atomic E-state index is 11.5. The van der Waals surface area contributed by atoms with Crippen molar-refractivity contribution in [1.29, 1.82) is 0 Å². The molecule has 1 rings (SSSR count). The van der Waals surface area contributed by atoms with Gasteiger partial charge in [-0.2, -0.15) is 0 Å². The molecule has 1 N–H and O–H groups in total. The highest BCUT2D eigenvalue weighted by atomic mass is 32.2. The summed E-state index contributed by atoms with van der Waals surface area (Å²) in [4.78, 5) is 11.5. The Hall–Kier alpha value is -1.36. The molecule has 0 bridgehead atoms. The highest BCUT2D eigenvalue weighted by Gasteiger charge is 2.08. The van der Waals surface area contributed by atoms with Gasteiger partial charge in [0.2, 0.25) is 5.91 Å². The van der Waals surface area contributed by atoms with Crippen LogP contribution in [0.1, 0.15) is 17.5 Å². The minimum absolute atomic E-state index is 0.00818. The second-order valence-electron chi connectivity index (χ2n) is 4.23. The van der Waals surface area contributed by atoms with Crippen molar-refractivity contribution in [3.63, 3.8) is 0 Å². The zero-order chi connectivity index (χ0) is 13.1. The molecule has 0 atom stereocenters. The van der Waals surface area contributed by atoms with Crippen LogP contribution in [0, 0.1) is 13.8 Å². The summed E-state index contributed by atoms with van der Waals surface area (Å²) in [6.45, 7) is 3.95. The molecule has 0 aliphatic rings. The van der Waals surface area contributed by atoms with E-state index in [1.165, 1.54) is 0 Å². The Labute approximate surface area is 102 Å². The van der Waals surface area contributed by atoms with E-state index in [1.807, 2.05) is 26.0 Å². The first-order chi connectivity index (χ1) is 7.78. The predicted octanol–water partition coefficient (Wildman–Crippen LogP) is 1.68. The standard InChI is InChI=1S/C12H17NO3S/c1-9-4-5-11(8-10(9)2)13-12(14)6-7-17(3,15)16/h4-5,8H,6-7H2,1-3H3,(H,13,14). The van der Waals surface area contributed by atoms with E-state index in [0.717, 1.165) is 17.4 Å². The minimum atomic E-state index is -3.09. The van der Waals surface area contributed by atoms with Crippen LogP contribution in [0.15, 0.2) is 18.2 Å². The van der Waals surface area contributed by atoms with Crippen molar-refractivity contribution in [2.45, 2.75) is 20.3 Å². The monoisotopic (exact) mass is 255 g/mol. The highest BCUT2D eigenvalue weighted by molar-refractivity contribution is 7.90. The number of benzene rings is 1. The first-order valence-electron chi connectivity index (χ1n) is 5.33. The summed E-state index contributed by atoms with van der Waals surface area (Å²) in [6, 6.07) is 5.59. The van der Waals surface area contributed by atoms with Crippen LogP contribution in [0.25, 0.3) is 0 Å². The zero-order valence-electron chi connectivity index (χ0n) is 10.3. The lowest BCUT2D eigenvalue weighted by Crippen LogP contribution is -2.16. The van der Waals surface area contributed by atoms with Gasteiger partial charge < -0.3 is 5.32 Å². The Morgan fingerprint density at radius 1 is 1.24 bits per heavy atom. The van der Waals surface area contributed by atoms with E-state index >= 15 is 0 Å². The number of nitrogens with one attached hydrogen (secondary N) is 1. The molecule has 0 unspecified atom stereocenters. The third-order valence-corrected chi connectivity index (χ3v) is 3.44. The molecule has 0 radical (unpaired) electrons. The van der Waals surface area contributed by atoms with Gasteiger partial charge in [0, 0.05) is 18.4 Å². The average molecular weight is 255 g/mol. The van der Waals surface area contributed by atoms with E-state index in [4.69, 9.17) is 0 Å². The molecule has 0 heterocycles. The van der Waals surface area contributed by atoms with E-state index in [0.29, 0.717) is 5.69 Å². The molecule has 17 heavy (non-hydrogen) atoms. The maximum Gasteiger partial charge on any atom is 0.225 e. The topological polar surface area (TPSA) is 63.2 Å². The average Bonchev–Trinajstić information content (AvgIpc) is 2.20. The van der Waals surface area contributed by atoms with Gasteiger partial charge in [-0.3, -0.25) is 4.79 Å². The first-order valence-corrected chi connectivity index (χ1v) is 7.39. The number of hydrogen-bond donors (Lipinski definition) is 1. The minimum Gasteiger partial charge on any atom is -0.326 e. The molecule has 5 heteroatoms. The molecule has 0 aliphatic heterocycles. The van der Waals surface area contributed by atoms with E-state index < -0.39 is 9.84 Å². The van der Waals surface area contributed by atoms with Crippen molar-refractivity contribution in [3.8, 4) is 0 Å². The van der Waals surface area contributed by atoms with Crippen molar-refractivity contribution in [2.24, 2.45) is 0 Å². The fraction of sp³-hybridized carbons (Fsp3) is 0.417. The summed E-state index contributed by atoms with van der Waals surface area (Å²) >= 11 is 0. The Balaban J connectivity index is 2.59. The molecule has 1 aromatic carbocycles. The van der Waals surface area contributed by atoms with Crippen molar-refractivity contribution >= 4 is 21.4 Å². The molecule has 0 saturated heterocycles. The van der Waals surface area contributed by atoms with Crippen molar-refractivity contribution in [1.82, 2.24) is 0 Å². The van der Waals surface area contributed by atoms with Crippen molar-refractivity contribution < 1.29 is 13.2 Å². The summed E-state index contributed by atoms with van der Waals surface area (Å²) < 4.78 is 21.8. The van der Waals surface area contributed by atoms with Gasteiger partial charge in [0.05, 0.1) is 5.75 Å². The summed E-state index contributed by atoms with van der Waals surface area (Å²) in [5, 5.41) is 2.68. The van der Waals surface area contributed by atoms with Crippen LogP contribution in [0.3, 0.4) is 0 Å². The van der Waals surface area contributed by atoms with Gasteiger partial charge in [0.15, 0.2) is 0 Å². The fourth-order valence-corrected chi connectivity index (χ4v) is 1.88. The number of hydrogen-bond acceptors (Lipinski definition) is 3. The third-order valence-electron chi connectivity index (χ3n) is 2.49. The second kappa shape index (κ2) is 5.31. The molecule has 0 saturated carbocycles. The molecule has 1 aromatic rings. The lowest BCUT2D eigenvalue weighted by atomic mass is 10.1. The van der Waals surface area contributed by atoms with Gasteiger partial charge >= 0.3 is 0 Å². The van der Waals surface area contributed by atoms with Crippen LogP contribution in [0.4, 0.5) is 5.69 Å². The number of anilines is 1. The normalized spacial score (nSPS) is 11.2. The molecule has 1 amide bonds. The van der Waals surface area contributed by atoms with E-state index in [1.54, 1.807) is 6.07 Å². The van der Waals surface area contributed by atoms with Crippen molar-refractivity contribution in [2.75, 3.05) is 17.3 Å². The third kappa shape index (κ3) is 4.99. The SMILES string of the molecule is Cc1ccc(NC(=O)CCS(C)(=O)=O)cc1C. The summed E-state index contributed by atoms with van der Waals surface area (Å²) in [6.07, 6.45) is 1.11. The quantitative estimate of drug-likeness (QED) is 0.890. The number of carbonyl (C=O) groups is 1. The van der Waals surface area contributed by atoms with Gasteiger partial charge in [-0.05, 0) is 37.1 Å². The Bertz CT molecular complexity index is 521. The summed E-state index contributed by atoms with van der Waals surface area (Å²) in [5.74, 6) is -0.400. The van der Waals surface area contributed by atoms with Crippen LogP contribution in [-0.4, -0.2) is 26.3 Å². The Morgan fingerprint density at radius 2 is 1.88 bits per heavy atom. The molecule has 0 spiro atoms. The van der Waals surface area contributed by atoms with Gasteiger partial charge in [-0.15, -0.1) is 0 Å². The number of aryl methyl sites for hydroxylation is 2. The number of sulfone groups is 1. The van der Waals surface area contributed by atoms with Crippen LogP contribution >= 0.6 is 0 Å². The molecule has 0 fully saturated rings. The number of carbonyl (C=O) groups excluding carboxylic acids is 1. The lowest BCUT2D eigenvalue weighted by molar-refractivity contribution is -0.115. The van der Waals surface area contributed by atoms with Gasteiger partial charge in [-0.25, -0.2) is 8.42 Å². The molecular weight excluding hydrogens is 238 g/mol. The van der Waals surface area contributed by atoms with E-state index in [2.05, 4.69) is 5.32 Å². The van der Waals surface area contributed by atoms with E-state index in [9.17, 15) is 13.2 Å². The first kappa shape index (κ1) is 13.7. The maximum atomic E-state index is 11.5. The molecule has 94 valence electrons. The molecule has 0 aromatic heterocycles. The van der Waals surface area contributed by atoms with Gasteiger partial charge in [0.25, 0.3) is 0 Å². The van der Waals surface area contributed by atoms with Crippen LogP contribution in [0.5, 0.6) is 0 Å². The van der Waals surface area contributed by atoms with Crippen LogP contribution in [-0.2, 0) is 14.6 Å². The van der Waals surface area contributed by atoms with Crippen LogP contribution in [0.2, 0.25) is 0 Å². The van der Waals surface area contributed by atoms with E-state index in [-0.39, 0.29) is 18.1 Å². The Morgan fingerprint density at radius 3 is 2.41 bits per heavy atom. The number of rotatable bonds is 4. The predicted molar refractivity (Wildman–Crippen MR) is 68.9 cm³/mol. The van der Waals surface area contributed by atoms with Gasteiger partial charge in [-0.1, -0.05) is 6.07 Å². The Kier molecular flexibility index (Phi) is 4.28. The van der Waals surface area contributed by atoms with Crippen LogP contribution < -0.4 is 5.32 Å². The van der Waals surface area contributed by atoms with Crippen molar-refractivity contribution in [3.05, 3.63) is 29.3 Å². The summed E-state index contributed by atoms with van der Waals surface area (Å²) in [5.41, 5.74) is 2.94. The zero-order valence-corrected chi connectivity index (χ0v) is 11.1. The summed E-state index contributed by atoms with van der Waals surface area (Å²) in [7, 11) is -3.09. The fourth-order valence-electron chi connectivity index (χ4n) is 1.32. The van der Waals surface area contributed by atoms with Gasteiger partial charge in [0.1, 0.15) is 9.84 Å². The molecule has 0 aliphatic carbocycles. The lowest BCUT2D eigenvalue weighted by Gasteiger charge is -2.07. The molecular formula is C12H17NO3S.